The fourth-order valence-electron chi connectivity index (χ4n) is 1.36. The summed E-state index contributed by atoms with van der Waals surface area (Å²) < 4.78 is 0. The van der Waals surface area contributed by atoms with E-state index < -0.39 is 0 Å². The first-order valence-corrected chi connectivity index (χ1v) is 5.52. The Morgan fingerprint density at radius 2 is 1.79 bits per heavy atom. The van der Waals surface area contributed by atoms with Crippen LogP contribution in [0.5, 0.6) is 0 Å². The fraction of sp³-hybridized carbons (Fsp3) is 0.273. The molecule has 0 aromatic heterocycles. The molecule has 0 aliphatic rings. The third-order valence-corrected chi connectivity index (χ3v) is 2.58. The second kappa shape index (κ2) is 4.86. The van der Waals surface area contributed by atoms with E-state index in [0.717, 1.165) is 11.4 Å². The lowest BCUT2D eigenvalue weighted by atomic mass is 10.1. The van der Waals surface area contributed by atoms with Crippen LogP contribution in [-0.4, -0.2) is 25.3 Å². The first kappa shape index (κ1) is 10.9. The fourth-order valence-corrected chi connectivity index (χ4v) is 1.79. The Bertz CT molecular complexity index is 379. The standard InChI is InChI=1S/C11H16N2S/c1-8-5-10(12-2)11(13-3)6-9(8)7-14-4/h5-7,12-13H,4H2,1-3H3. The second-order valence-electron chi connectivity index (χ2n) is 3.04. The topological polar surface area (TPSA) is 24.1 Å². The van der Waals surface area contributed by atoms with Crippen molar-refractivity contribution < 1.29 is 0 Å². The van der Waals surface area contributed by atoms with Crippen molar-refractivity contribution in [3.05, 3.63) is 23.3 Å². The van der Waals surface area contributed by atoms with Gasteiger partial charge >= 0.3 is 0 Å². The van der Waals surface area contributed by atoms with Crippen molar-refractivity contribution in [3.63, 3.8) is 0 Å². The third kappa shape index (κ3) is 2.17. The number of rotatable bonds is 3. The smallest absolute Gasteiger partial charge is 0.0579 e. The molecule has 1 aromatic carbocycles. The van der Waals surface area contributed by atoms with Crippen molar-refractivity contribution in [2.45, 2.75) is 6.92 Å². The van der Waals surface area contributed by atoms with Crippen molar-refractivity contribution in [2.24, 2.45) is 0 Å². The van der Waals surface area contributed by atoms with Crippen molar-refractivity contribution in [1.29, 1.82) is 0 Å². The third-order valence-electron chi connectivity index (χ3n) is 2.16. The van der Waals surface area contributed by atoms with Gasteiger partial charge in [-0.05, 0) is 41.4 Å². The normalized spacial score (nSPS) is 9.36. The number of nitrogens with one attached hydrogen (secondary N) is 2. The first-order valence-electron chi connectivity index (χ1n) is 4.47. The van der Waals surface area contributed by atoms with Gasteiger partial charge in [0, 0.05) is 14.1 Å². The summed E-state index contributed by atoms with van der Waals surface area (Å²) in [6.07, 6.45) is 0. The molecular formula is C11H16N2S. The summed E-state index contributed by atoms with van der Waals surface area (Å²) >= 11 is 0. The molecule has 0 spiro atoms. The van der Waals surface area contributed by atoms with Gasteiger partial charge in [0.1, 0.15) is 0 Å². The molecule has 0 fully saturated rings. The first-order chi connectivity index (χ1) is 6.72. The predicted octanol–water partition coefficient (Wildman–Crippen LogP) is 2.39. The molecule has 0 saturated carbocycles. The minimum absolute atomic E-state index is 1.11. The zero-order valence-corrected chi connectivity index (χ0v) is 9.66. The minimum Gasteiger partial charge on any atom is -0.386 e. The monoisotopic (exact) mass is 208 g/mol. The van der Waals surface area contributed by atoms with E-state index in [1.807, 2.05) is 14.1 Å². The molecule has 0 amide bonds. The molecule has 0 atom stereocenters. The maximum atomic E-state index is 3.75. The van der Waals surface area contributed by atoms with Crippen molar-refractivity contribution >= 4 is 33.6 Å². The van der Waals surface area contributed by atoms with Gasteiger partial charge in [-0.25, -0.2) is 0 Å². The highest BCUT2D eigenvalue weighted by atomic mass is 32.1. The van der Waals surface area contributed by atoms with Gasteiger partial charge in [-0.3, -0.25) is 0 Å². The Kier molecular flexibility index (Phi) is 3.77. The molecule has 0 saturated heterocycles. The average Bonchev–Trinajstić information content (AvgIpc) is 2.20. The van der Waals surface area contributed by atoms with E-state index in [1.165, 1.54) is 22.1 Å². The van der Waals surface area contributed by atoms with E-state index in [-0.39, 0.29) is 0 Å². The Hall–Kier alpha value is -1.22. The molecule has 3 heteroatoms. The van der Waals surface area contributed by atoms with Gasteiger partial charge in [0.25, 0.3) is 0 Å². The number of hydrogen-bond donors (Lipinski definition) is 2. The van der Waals surface area contributed by atoms with Crippen molar-refractivity contribution in [1.82, 2.24) is 0 Å². The van der Waals surface area contributed by atoms with Gasteiger partial charge in [0.05, 0.1) is 11.4 Å². The lowest BCUT2D eigenvalue weighted by molar-refractivity contribution is 1.39. The molecule has 0 bridgehead atoms. The van der Waals surface area contributed by atoms with Gasteiger partial charge in [0.2, 0.25) is 0 Å². The molecule has 0 aliphatic carbocycles. The summed E-state index contributed by atoms with van der Waals surface area (Å²) in [7, 11) is 5.33. The minimum atomic E-state index is 1.11. The van der Waals surface area contributed by atoms with Crippen LogP contribution in [0, 0.1) is 6.92 Å². The highest BCUT2D eigenvalue weighted by Crippen LogP contribution is 2.24. The summed E-state index contributed by atoms with van der Waals surface area (Å²) in [5.41, 5.74) is 4.70. The number of hydrogen-bond acceptors (Lipinski definition) is 2. The number of benzene rings is 1. The lowest BCUT2D eigenvalue weighted by Crippen LogP contribution is -1.99. The molecule has 0 radical (unpaired) electrons. The molecule has 2 N–H and O–H groups in total. The molecule has 1 rings (SSSR count). The summed E-state index contributed by atoms with van der Waals surface area (Å²) in [6.45, 7) is 2.10. The average molecular weight is 208 g/mol. The molecule has 0 aliphatic heterocycles. The Morgan fingerprint density at radius 1 is 1.21 bits per heavy atom. The zero-order valence-electron chi connectivity index (χ0n) is 8.85. The molecule has 0 heterocycles. The molecule has 2 nitrogen and oxygen atoms in total. The van der Waals surface area contributed by atoms with Gasteiger partial charge < -0.3 is 10.6 Å². The van der Waals surface area contributed by atoms with E-state index in [9.17, 15) is 0 Å². The van der Waals surface area contributed by atoms with Crippen LogP contribution in [0.3, 0.4) is 0 Å². The van der Waals surface area contributed by atoms with E-state index in [0.29, 0.717) is 0 Å². The highest BCUT2D eigenvalue weighted by Gasteiger charge is 2.02. The van der Waals surface area contributed by atoms with Gasteiger partial charge in [-0.2, -0.15) is 10.9 Å². The Balaban J connectivity index is 3.29. The van der Waals surface area contributed by atoms with Crippen LogP contribution in [0.15, 0.2) is 12.1 Å². The van der Waals surface area contributed by atoms with Crippen LogP contribution in [0.1, 0.15) is 11.1 Å². The van der Waals surface area contributed by atoms with E-state index in [2.05, 4.69) is 40.9 Å². The summed E-state index contributed by atoms with van der Waals surface area (Å²) in [5, 5.41) is 8.37. The molecular weight excluding hydrogens is 192 g/mol. The second-order valence-corrected chi connectivity index (χ2v) is 3.61. The number of anilines is 2. The zero-order chi connectivity index (χ0) is 10.6. The largest absolute Gasteiger partial charge is 0.386 e. The van der Waals surface area contributed by atoms with Crippen LogP contribution in [-0.2, 0) is 0 Å². The van der Waals surface area contributed by atoms with Crippen LogP contribution >= 0.6 is 10.9 Å². The SMILES string of the molecule is C=S=Cc1cc(NC)c(NC)cc1C. The van der Waals surface area contributed by atoms with Crippen LogP contribution in [0.25, 0.3) is 0 Å². The van der Waals surface area contributed by atoms with E-state index in [4.69, 9.17) is 0 Å². The van der Waals surface area contributed by atoms with Crippen molar-refractivity contribution in [2.75, 3.05) is 24.7 Å². The van der Waals surface area contributed by atoms with Gasteiger partial charge in [0.15, 0.2) is 0 Å². The van der Waals surface area contributed by atoms with Crippen LogP contribution < -0.4 is 10.6 Å². The van der Waals surface area contributed by atoms with Gasteiger partial charge in [-0.1, -0.05) is 0 Å². The summed E-state index contributed by atoms with van der Waals surface area (Å²) in [4.78, 5) is 0. The molecule has 76 valence electrons. The van der Waals surface area contributed by atoms with E-state index in [1.54, 1.807) is 0 Å². The lowest BCUT2D eigenvalue weighted by Gasteiger charge is -2.11. The summed E-state index contributed by atoms with van der Waals surface area (Å²) in [6, 6.07) is 4.26. The van der Waals surface area contributed by atoms with E-state index >= 15 is 0 Å². The van der Waals surface area contributed by atoms with Crippen LogP contribution in [0.2, 0.25) is 0 Å². The quantitative estimate of drug-likeness (QED) is 0.745. The van der Waals surface area contributed by atoms with Crippen molar-refractivity contribution in [3.8, 4) is 0 Å². The molecule has 14 heavy (non-hydrogen) atoms. The Morgan fingerprint density at radius 3 is 2.29 bits per heavy atom. The maximum absolute atomic E-state index is 3.75. The number of aryl methyl sites for hydroxylation is 1. The molecule has 0 unspecified atom stereocenters. The highest BCUT2D eigenvalue weighted by molar-refractivity contribution is 7.95. The Labute approximate surface area is 88.9 Å². The van der Waals surface area contributed by atoms with Gasteiger partial charge in [-0.15, -0.1) is 0 Å². The maximum Gasteiger partial charge on any atom is 0.0579 e. The summed E-state index contributed by atoms with van der Waals surface area (Å²) in [5.74, 6) is 3.75. The molecule has 1 aromatic rings. The predicted molar refractivity (Wildman–Crippen MR) is 70.2 cm³/mol. The van der Waals surface area contributed by atoms with Crippen LogP contribution in [0.4, 0.5) is 11.4 Å².